The molecule has 4 heteroatoms. The van der Waals surface area contributed by atoms with Crippen molar-refractivity contribution in [2.45, 2.75) is 33.2 Å². The zero-order valence-electron chi connectivity index (χ0n) is 16.2. The largest absolute Gasteiger partial charge is 0.363 e. The number of halogens is 2. The maximum Gasteiger partial charge on any atom is 0.134 e. The summed E-state index contributed by atoms with van der Waals surface area (Å²) in [6.07, 6.45) is 5.16. The molecule has 0 radical (unpaired) electrons. The van der Waals surface area contributed by atoms with E-state index in [2.05, 4.69) is 111 Å². The van der Waals surface area contributed by atoms with E-state index in [9.17, 15) is 0 Å². The third-order valence-corrected chi connectivity index (χ3v) is 6.64. The average Bonchev–Trinajstić information content (AvgIpc) is 3.02. The first-order valence-corrected chi connectivity index (χ1v) is 11.1. The van der Waals surface area contributed by atoms with Crippen LogP contribution in [0.3, 0.4) is 0 Å². The summed E-state index contributed by atoms with van der Waals surface area (Å²) in [5, 5.41) is 3.55. The highest BCUT2D eigenvalue weighted by atomic mass is 79.9. The van der Waals surface area contributed by atoms with E-state index < -0.39 is 0 Å². The number of nitrogens with zero attached hydrogens (tertiary/aromatic N) is 1. The number of nitrogens with one attached hydrogen (secondary N) is 1. The molecule has 0 amide bonds. The Labute approximate surface area is 183 Å². The molecule has 4 rings (SSSR count). The molecule has 0 bridgehead atoms. The third kappa shape index (κ3) is 3.56. The highest BCUT2D eigenvalue weighted by molar-refractivity contribution is 9.10. The van der Waals surface area contributed by atoms with Crippen molar-refractivity contribution in [3.05, 3.63) is 79.9 Å². The van der Waals surface area contributed by atoms with Crippen molar-refractivity contribution in [3.63, 3.8) is 0 Å². The van der Waals surface area contributed by atoms with Crippen LogP contribution in [0, 0.1) is 13.8 Å². The van der Waals surface area contributed by atoms with E-state index in [-0.39, 0.29) is 6.04 Å². The van der Waals surface area contributed by atoms with Gasteiger partial charge in [-0.15, -0.1) is 0 Å². The lowest BCUT2D eigenvalue weighted by molar-refractivity contribution is 0.868. The van der Waals surface area contributed by atoms with Crippen molar-refractivity contribution in [3.8, 4) is 11.1 Å². The molecular weight excluding hydrogens is 476 g/mol. The van der Waals surface area contributed by atoms with Crippen LogP contribution in [0.15, 0.2) is 57.6 Å². The topological polar surface area (TPSA) is 24.9 Å². The zero-order valence-corrected chi connectivity index (χ0v) is 19.4. The first-order chi connectivity index (χ1) is 13.5. The lowest BCUT2D eigenvalue weighted by Crippen LogP contribution is -2.12. The Morgan fingerprint density at radius 2 is 1.82 bits per heavy atom. The number of rotatable bonds is 3. The quantitative estimate of drug-likeness (QED) is 0.402. The molecule has 2 nitrogen and oxygen atoms in total. The monoisotopic (exact) mass is 496 g/mol. The van der Waals surface area contributed by atoms with Crippen LogP contribution in [0.4, 0.5) is 5.82 Å². The summed E-state index contributed by atoms with van der Waals surface area (Å²) < 4.78 is 2.13. The molecule has 1 atom stereocenters. The van der Waals surface area contributed by atoms with Gasteiger partial charge < -0.3 is 5.32 Å². The summed E-state index contributed by atoms with van der Waals surface area (Å²) >= 11 is 7.34. The van der Waals surface area contributed by atoms with Gasteiger partial charge >= 0.3 is 0 Å². The van der Waals surface area contributed by atoms with Crippen LogP contribution in [-0.4, -0.2) is 11.0 Å². The van der Waals surface area contributed by atoms with Gasteiger partial charge in [-0.3, -0.25) is 0 Å². The normalized spacial score (nSPS) is 16.9. The number of pyridine rings is 1. The number of fused-ring (bicyclic) bond motifs is 1. The lowest BCUT2D eigenvalue weighted by Gasteiger charge is -2.14. The Morgan fingerprint density at radius 1 is 1.04 bits per heavy atom. The summed E-state index contributed by atoms with van der Waals surface area (Å²) in [7, 11) is 0. The molecular formula is C24H22Br2N2. The van der Waals surface area contributed by atoms with E-state index in [4.69, 9.17) is 0 Å². The fraction of sp³-hybridized carbons (Fsp3) is 0.208. The van der Waals surface area contributed by atoms with Gasteiger partial charge in [0.1, 0.15) is 5.82 Å². The number of hydrogen-bond acceptors (Lipinski definition) is 2. The molecule has 0 spiro atoms. The van der Waals surface area contributed by atoms with Crippen LogP contribution in [0.1, 0.15) is 35.6 Å². The SMILES string of the molecule is CC[C@@H]1Nc2ncc(Br)cc2/C1=C/c1cc(Br)c(C)c(-c2ccccc2C)c1. The molecule has 0 fully saturated rings. The molecule has 1 aliphatic rings. The fourth-order valence-electron chi connectivity index (χ4n) is 3.82. The van der Waals surface area contributed by atoms with Crippen molar-refractivity contribution in [1.29, 1.82) is 0 Å². The molecule has 0 aliphatic carbocycles. The summed E-state index contributed by atoms with van der Waals surface area (Å²) in [4.78, 5) is 4.55. The average molecular weight is 498 g/mol. The minimum atomic E-state index is 0.277. The van der Waals surface area contributed by atoms with Gasteiger partial charge in [0.25, 0.3) is 0 Å². The smallest absolute Gasteiger partial charge is 0.134 e. The van der Waals surface area contributed by atoms with Crippen LogP contribution < -0.4 is 5.32 Å². The standard InChI is InChI=1S/C24H22Br2N2/c1-4-23-20(21-12-17(25)13-27-24(21)28-23)10-16-9-19(15(3)22(26)11-16)18-8-6-5-7-14(18)2/h5-13,23H,4H2,1-3H3,(H,27,28)/b20-10-/t23-/m0/s1. The molecule has 142 valence electrons. The Kier molecular flexibility index (Phi) is 5.44. The van der Waals surface area contributed by atoms with Gasteiger partial charge in [0.2, 0.25) is 0 Å². The van der Waals surface area contributed by atoms with Gasteiger partial charge in [-0.1, -0.05) is 47.1 Å². The second-order valence-corrected chi connectivity index (χ2v) is 9.01. The molecule has 0 unspecified atom stereocenters. The highest BCUT2D eigenvalue weighted by Crippen LogP contribution is 2.39. The van der Waals surface area contributed by atoms with Gasteiger partial charge in [-0.05, 0) is 93.9 Å². The zero-order chi connectivity index (χ0) is 19.8. The first-order valence-electron chi connectivity index (χ1n) is 9.48. The van der Waals surface area contributed by atoms with Crippen LogP contribution in [0.2, 0.25) is 0 Å². The molecule has 0 saturated heterocycles. The Balaban J connectivity index is 1.87. The molecule has 0 saturated carbocycles. The van der Waals surface area contributed by atoms with Gasteiger partial charge in [0.05, 0.1) is 6.04 Å². The Morgan fingerprint density at radius 3 is 2.57 bits per heavy atom. The number of aromatic nitrogens is 1. The highest BCUT2D eigenvalue weighted by Gasteiger charge is 2.26. The van der Waals surface area contributed by atoms with Crippen LogP contribution in [0.5, 0.6) is 0 Å². The van der Waals surface area contributed by atoms with Gasteiger partial charge in [-0.2, -0.15) is 0 Å². The van der Waals surface area contributed by atoms with E-state index in [0.717, 1.165) is 21.2 Å². The molecule has 1 aromatic heterocycles. The predicted molar refractivity (Wildman–Crippen MR) is 127 cm³/mol. The van der Waals surface area contributed by atoms with Crippen LogP contribution in [0.25, 0.3) is 22.8 Å². The fourth-order valence-corrected chi connectivity index (χ4v) is 4.63. The minimum absolute atomic E-state index is 0.277. The van der Waals surface area contributed by atoms with Crippen molar-refractivity contribution < 1.29 is 0 Å². The summed E-state index contributed by atoms with van der Waals surface area (Å²) in [6, 6.07) is 15.5. The van der Waals surface area contributed by atoms with E-state index in [1.807, 2.05) is 6.20 Å². The van der Waals surface area contributed by atoms with Gasteiger partial charge in [-0.25, -0.2) is 4.98 Å². The van der Waals surface area contributed by atoms with E-state index in [1.54, 1.807) is 0 Å². The summed E-state index contributed by atoms with van der Waals surface area (Å²) in [5.74, 6) is 0.964. The maximum absolute atomic E-state index is 4.55. The van der Waals surface area contributed by atoms with E-state index in [1.165, 1.54) is 39.0 Å². The molecule has 2 heterocycles. The number of hydrogen-bond donors (Lipinski definition) is 1. The Hall–Kier alpha value is -1.91. The van der Waals surface area contributed by atoms with Crippen molar-refractivity contribution in [2.75, 3.05) is 5.32 Å². The minimum Gasteiger partial charge on any atom is -0.363 e. The molecule has 1 N–H and O–H groups in total. The van der Waals surface area contributed by atoms with Crippen LogP contribution >= 0.6 is 31.9 Å². The number of anilines is 1. The van der Waals surface area contributed by atoms with Gasteiger partial charge in [0.15, 0.2) is 0 Å². The van der Waals surface area contributed by atoms with Crippen molar-refractivity contribution >= 4 is 49.3 Å². The van der Waals surface area contributed by atoms with Crippen molar-refractivity contribution in [1.82, 2.24) is 4.98 Å². The molecule has 3 aromatic rings. The lowest BCUT2D eigenvalue weighted by atomic mass is 9.93. The Bertz CT molecular complexity index is 1090. The van der Waals surface area contributed by atoms with Crippen molar-refractivity contribution in [2.24, 2.45) is 0 Å². The number of aryl methyl sites for hydroxylation is 1. The summed E-state index contributed by atoms with van der Waals surface area (Å²) in [5.41, 5.74) is 8.76. The molecule has 1 aliphatic heterocycles. The van der Waals surface area contributed by atoms with E-state index in [0.29, 0.717) is 0 Å². The van der Waals surface area contributed by atoms with E-state index >= 15 is 0 Å². The molecule has 2 aromatic carbocycles. The maximum atomic E-state index is 4.55. The molecule has 28 heavy (non-hydrogen) atoms. The van der Waals surface area contributed by atoms with Gasteiger partial charge in [0, 0.05) is 20.7 Å². The second-order valence-electron chi connectivity index (χ2n) is 7.24. The summed E-state index contributed by atoms with van der Waals surface area (Å²) in [6.45, 7) is 6.54. The number of benzene rings is 2. The third-order valence-electron chi connectivity index (χ3n) is 5.38. The first kappa shape index (κ1) is 19.4. The van der Waals surface area contributed by atoms with Crippen LogP contribution in [-0.2, 0) is 0 Å². The predicted octanol–water partition coefficient (Wildman–Crippen LogP) is 7.64. The second kappa shape index (κ2) is 7.84.